The van der Waals surface area contributed by atoms with Gasteiger partial charge in [-0.1, -0.05) is 17.7 Å². The van der Waals surface area contributed by atoms with Crippen molar-refractivity contribution in [1.29, 1.82) is 0 Å². The molecule has 0 aliphatic heterocycles. The molecule has 0 saturated heterocycles. The summed E-state index contributed by atoms with van der Waals surface area (Å²) in [5.41, 5.74) is -2.70. The van der Waals surface area contributed by atoms with E-state index in [9.17, 15) is 43.9 Å². The number of amides is 1. The summed E-state index contributed by atoms with van der Waals surface area (Å²) < 4.78 is 159. The van der Waals surface area contributed by atoms with Crippen LogP contribution < -0.4 is 15.6 Å². The average Bonchev–Trinajstić information content (AvgIpc) is 3.43. The number of aromatic nitrogens is 8. The normalized spacial score (nSPS) is 17.1. The molecule has 2 N–H and O–H groups in total. The van der Waals surface area contributed by atoms with Crippen LogP contribution in [0.2, 0.25) is 5.02 Å². The van der Waals surface area contributed by atoms with Crippen LogP contribution in [0.1, 0.15) is 59.6 Å². The maximum atomic E-state index is 15.5. The number of anilines is 1. The number of fused-ring (bicyclic) bond motifs is 5. The van der Waals surface area contributed by atoms with Crippen LogP contribution in [0.3, 0.4) is 0 Å². The van der Waals surface area contributed by atoms with Gasteiger partial charge >= 0.3 is 6.18 Å². The maximum Gasteiger partial charge on any atom is 0.390 e. The van der Waals surface area contributed by atoms with Crippen molar-refractivity contribution < 1.29 is 52.7 Å². The molecule has 3 atom stereocenters. The molecule has 2 aliphatic carbocycles. The Bertz CT molecular complexity index is 3290. The Hall–Kier alpha value is -6.43. The number of hydrogen-bond acceptors (Lipinski definition) is 8. The van der Waals surface area contributed by atoms with E-state index in [1.54, 1.807) is 0 Å². The molecule has 2 aliphatic rings. The molecular weight excluding hydrogens is 935 g/mol. The molecule has 0 bridgehead atoms. The van der Waals surface area contributed by atoms with E-state index in [1.807, 2.05) is 0 Å². The largest absolute Gasteiger partial charge is 0.390 e. The van der Waals surface area contributed by atoms with Crippen molar-refractivity contribution in [2.45, 2.75) is 62.8 Å². The molecule has 346 valence electrons. The van der Waals surface area contributed by atoms with Crippen LogP contribution in [0.25, 0.3) is 38.8 Å². The molecule has 1 amide bonds. The minimum atomic E-state index is -4.46. The van der Waals surface area contributed by atoms with Crippen molar-refractivity contribution in [3.8, 4) is 16.9 Å². The lowest BCUT2D eigenvalue weighted by Crippen LogP contribution is -2.38. The van der Waals surface area contributed by atoms with E-state index in [4.69, 9.17) is 16.6 Å². The highest BCUT2D eigenvalue weighted by atomic mass is 35.5. The molecule has 0 unspecified atom stereocenters. The van der Waals surface area contributed by atoms with Gasteiger partial charge in [0.15, 0.2) is 5.82 Å². The van der Waals surface area contributed by atoms with Crippen molar-refractivity contribution in [3.05, 3.63) is 116 Å². The van der Waals surface area contributed by atoms with Crippen LogP contribution in [0.4, 0.5) is 45.3 Å². The van der Waals surface area contributed by atoms with E-state index in [-0.39, 0.29) is 73.0 Å². The number of nitrogens with one attached hydrogen (secondary N) is 2. The Morgan fingerprint density at radius 1 is 1.02 bits per heavy atom. The molecule has 7 aromatic rings. The summed E-state index contributed by atoms with van der Waals surface area (Å²) in [6, 6.07) is 9.06. The third-order valence-electron chi connectivity index (χ3n) is 11.4. The van der Waals surface area contributed by atoms with Gasteiger partial charge in [-0.15, -0.1) is 0 Å². The van der Waals surface area contributed by atoms with Crippen molar-refractivity contribution in [2.24, 2.45) is 13.0 Å². The number of hydrogen-bond donors (Lipinski definition) is 2. The van der Waals surface area contributed by atoms with Crippen LogP contribution >= 0.6 is 11.6 Å². The van der Waals surface area contributed by atoms with Gasteiger partial charge in [0.05, 0.1) is 56.9 Å². The topological polar surface area (TPSA) is 164 Å². The summed E-state index contributed by atoms with van der Waals surface area (Å²) in [5.74, 6) is -9.53. The zero-order valence-corrected chi connectivity index (χ0v) is 35.6. The third-order valence-corrected chi connectivity index (χ3v) is 12.2. The number of rotatable bonds is 13. The first kappa shape index (κ1) is 44.8. The summed E-state index contributed by atoms with van der Waals surface area (Å²) in [5, 5.41) is 14.7. The Kier molecular flexibility index (Phi) is 10.8. The smallest absolute Gasteiger partial charge is 0.344 e. The van der Waals surface area contributed by atoms with Crippen LogP contribution in [-0.4, -0.2) is 65.6 Å². The highest BCUT2D eigenvalue weighted by Gasteiger charge is 2.67. The Balaban J connectivity index is 1.23. The molecule has 14 nitrogen and oxygen atoms in total. The van der Waals surface area contributed by atoms with E-state index in [0.29, 0.717) is 10.7 Å². The highest BCUT2D eigenvalue weighted by Crippen LogP contribution is 2.68. The van der Waals surface area contributed by atoms with Gasteiger partial charge in [-0.05, 0) is 60.4 Å². The number of carbonyl (C=O) groups is 1. The first-order valence-electron chi connectivity index (χ1n) is 19.8. The summed E-state index contributed by atoms with van der Waals surface area (Å²) in [6.07, 6.45) is -7.30. The molecule has 25 heteroatoms. The number of aryl methyl sites for hydroxylation is 2. The van der Waals surface area contributed by atoms with Gasteiger partial charge < -0.3 is 5.32 Å². The third kappa shape index (κ3) is 8.24. The summed E-state index contributed by atoms with van der Waals surface area (Å²) in [6.45, 7) is -1.55. The summed E-state index contributed by atoms with van der Waals surface area (Å²) in [7, 11) is -2.56. The zero-order valence-electron chi connectivity index (χ0n) is 34.0. The fraction of sp³-hybridized carbons (Fsp3) is 0.317. The molecule has 4 aromatic heterocycles. The lowest BCUT2D eigenvalue weighted by molar-refractivity contribution is -0.137. The average molecular weight is 967 g/mol. The Morgan fingerprint density at radius 3 is 2.42 bits per heavy atom. The van der Waals surface area contributed by atoms with Crippen molar-refractivity contribution >= 4 is 55.2 Å². The van der Waals surface area contributed by atoms with Gasteiger partial charge in [-0.25, -0.2) is 31.0 Å². The van der Waals surface area contributed by atoms with E-state index < -0.39 is 107 Å². The first-order chi connectivity index (χ1) is 31.0. The minimum Gasteiger partial charge on any atom is -0.344 e. The molecule has 4 heterocycles. The predicted molar refractivity (Wildman–Crippen MR) is 220 cm³/mol. The molecule has 9 rings (SSSR count). The van der Waals surface area contributed by atoms with E-state index in [2.05, 4.69) is 25.3 Å². The number of halogens is 10. The molecule has 1 fully saturated rings. The van der Waals surface area contributed by atoms with Gasteiger partial charge in [0.2, 0.25) is 15.9 Å². The number of alkyl halides is 7. The van der Waals surface area contributed by atoms with Crippen LogP contribution in [0.15, 0.2) is 65.6 Å². The van der Waals surface area contributed by atoms with Crippen molar-refractivity contribution in [2.75, 3.05) is 11.0 Å². The van der Waals surface area contributed by atoms with Gasteiger partial charge in [0.1, 0.15) is 35.4 Å². The molecule has 0 radical (unpaired) electrons. The molecule has 0 spiro atoms. The molecule has 3 aromatic carbocycles. The van der Waals surface area contributed by atoms with E-state index >= 15 is 13.6 Å². The fourth-order valence-corrected chi connectivity index (χ4v) is 9.36. The fourth-order valence-electron chi connectivity index (χ4n) is 8.62. The highest BCUT2D eigenvalue weighted by molar-refractivity contribution is 7.92. The monoisotopic (exact) mass is 966 g/mol. The van der Waals surface area contributed by atoms with Crippen molar-refractivity contribution in [1.82, 2.24) is 44.2 Å². The van der Waals surface area contributed by atoms with Gasteiger partial charge in [0.25, 0.3) is 17.9 Å². The quantitative estimate of drug-likeness (QED) is 0.111. The number of benzene rings is 3. The van der Waals surface area contributed by atoms with E-state index in [0.717, 1.165) is 27.6 Å². The summed E-state index contributed by atoms with van der Waals surface area (Å²) in [4.78, 5) is 34.0. The second-order valence-corrected chi connectivity index (χ2v) is 18.2. The van der Waals surface area contributed by atoms with Gasteiger partial charge in [-0.2, -0.15) is 37.2 Å². The molecular formula is C41H32ClF9N10O4S. The van der Waals surface area contributed by atoms with Gasteiger partial charge in [0, 0.05) is 49.3 Å². The van der Waals surface area contributed by atoms with Gasteiger partial charge in [-0.3, -0.25) is 32.9 Å². The van der Waals surface area contributed by atoms with Crippen molar-refractivity contribution in [3.63, 3.8) is 0 Å². The maximum absolute atomic E-state index is 15.5. The lowest BCUT2D eigenvalue weighted by atomic mass is 10.0. The standard InChI is InChI=1S/C41H32ClF9N10O4S/c1-58-34-29(6-5-25(42)32(34)37(56-58)57-66(2,64)65)61-38(53-27-14-19(3-4-22(27)39(61)63)26-7-9-59(54-26)10-8-40(47,48)49)28(13-18-11-20(43)15-21(44)12-18)52-30(62)17-60-35-31(33(55-60)36(45)46)23-16-24(23)41(35,50)51/h3-7,9,11-12,14-15,23-24,28,36H,8,10,13,16-17H2,1-2H3,(H,52,62)(H,56,57)/t23-,24+,28-/m0/s1. The number of carbonyl (C=O) groups excluding carboxylic acids is 1. The minimum absolute atomic E-state index is 0.00521. The molecule has 66 heavy (non-hydrogen) atoms. The number of sulfonamides is 1. The number of nitrogens with zero attached hydrogens (tertiary/aromatic N) is 8. The van der Waals surface area contributed by atoms with E-state index in [1.165, 1.54) is 54.3 Å². The summed E-state index contributed by atoms with van der Waals surface area (Å²) >= 11 is 6.61. The Labute approximate surface area is 371 Å². The second-order valence-electron chi connectivity index (χ2n) is 16.1. The lowest BCUT2D eigenvalue weighted by Gasteiger charge is -2.24. The second kappa shape index (κ2) is 15.9. The Morgan fingerprint density at radius 2 is 1.74 bits per heavy atom. The first-order valence-corrected chi connectivity index (χ1v) is 22.1. The SMILES string of the molecule is Cn1nc(NS(C)(=O)=O)c2c(Cl)ccc(-n3c([C@H](Cc4cc(F)cc(F)c4)NC(=O)Cn4nc(C(F)F)c5c4C(F)(F)[C@@H]4C[C@H]54)nc4cc(-c5ccn(CCC(F)(F)F)n5)ccc4c3=O)c21. The predicted octanol–water partition coefficient (Wildman–Crippen LogP) is 7.83. The van der Waals surface area contributed by atoms with Crippen LogP contribution in [0, 0.1) is 17.6 Å². The van der Waals surface area contributed by atoms with Crippen LogP contribution in [-0.2, 0) is 47.3 Å². The molecule has 1 saturated carbocycles. The zero-order chi connectivity index (χ0) is 47.4. The van der Waals surface area contributed by atoms with Crippen LogP contribution in [0.5, 0.6) is 0 Å².